The molecular weight excluding hydrogens is 274 g/mol. The molecule has 0 saturated heterocycles. The van der Waals surface area contributed by atoms with Gasteiger partial charge in [0, 0.05) is 23.0 Å². The molecule has 1 fully saturated rings. The van der Waals surface area contributed by atoms with Crippen LogP contribution in [0.4, 0.5) is 0 Å². The number of rotatable bonds is 3. The van der Waals surface area contributed by atoms with E-state index in [1.807, 2.05) is 0 Å². The molecule has 0 aliphatic heterocycles. The maximum Gasteiger partial charge on any atom is 0.335 e. The van der Waals surface area contributed by atoms with E-state index < -0.39 is 5.97 Å². The lowest BCUT2D eigenvalue weighted by Gasteiger charge is -2.17. The zero-order valence-electron chi connectivity index (χ0n) is 9.14. The summed E-state index contributed by atoms with van der Waals surface area (Å²) < 4.78 is 4.87. The van der Waals surface area contributed by atoms with Crippen LogP contribution >= 0.6 is 15.9 Å². The van der Waals surface area contributed by atoms with Crippen molar-refractivity contribution in [1.29, 1.82) is 5.41 Å². The highest BCUT2D eigenvalue weighted by Crippen LogP contribution is 2.22. The second-order valence-corrected chi connectivity index (χ2v) is 4.02. The summed E-state index contributed by atoms with van der Waals surface area (Å²) in [6, 6.07) is 0. The molecule has 0 radical (unpaired) electrons. The van der Waals surface area contributed by atoms with Gasteiger partial charge in [-0.1, -0.05) is 15.9 Å². The van der Waals surface area contributed by atoms with Gasteiger partial charge in [0.1, 0.15) is 0 Å². The smallest absolute Gasteiger partial charge is 0.335 e. The van der Waals surface area contributed by atoms with Crippen LogP contribution < -0.4 is 0 Å². The number of ketones is 1. The summed E-state index contributed by atoms with van der Waals surface area (Å²) in [5, 5.41) is 7.97. The Balaban J connectivity index is 3.08. The van der Waals surface area contributed by atoms with E-state index in [1.165, 1.54) is 0 Å². The molecule has 88 valence electrons. The van der Waals surface area contributed by atoms with E-state index in [4.69, 9.17) is 10.1 Å². The number of allylic oxidation sites excluding steroid dienone is 1. The molecule has 4 nitrogen and oxygen atoms in total. The molecule has 5 heteroatoms. The van der Waals surface area contributed by atoms with Crippen molar-refractivity contribution < 1.29 is 14.3 Å². The Morgan fingerprint density at radius 1 is 1.50 bits per heavy atom. The number of ether oxygens (including phenoxy) is 1. The van der Waals surface area contributed by atoms with Gasteiger partial charge in [0.25, 0.3) is 0 Å². The van der Waals surface area contributed by atoms with E-state index in [1.54, 1.807) is 6.92 Å². The molecule has 1 saturated carbocycles. The topological polar surface area (TPSA) is 67.2 Å². The van der Waals surface area contributed by atoms with E-state index in [-0.39, 0.29) is 34.6 Å². The predicted octanol–water partition coefficient (Wildman–Crippen LogP) is 2.01. The fourth-order valence-electron chi connectivity index (χ4n) is 1.64. The second-order valence-electron chi connectivity index (χ2n) is 3.46. The van der Waals surface area contributed by atoms with Gasteiger partial charge in [-0.2, -0.15) is 0 Å². The standard InChI is InChI=1S/C11H14BrNO3/c1-2-16-11(15)7(6-12)10-8(13)4-3-5-9(10)14/h13H,2-6H2,1H3/b10-7-,13-8?. The van der Waals surface area contributed by atoms with Gasteiger partial charge in [-0.05, 0) is 19.8 Å². The molecule has 0 spiro atoms. The molecule has 0 amide bonds. The van der Waals surface area contributed by atoms with E-state index in [0.29, 0.717) is 19.3 Å². The van der Waals surface area contributed by atoms with Crippen LogP contribution in [0, 0.1) is 5.41 Å². The number of halogens is 1. The number of esters is 1. The Labute approximate surface area is 103 Å². The number of nitrogens with one attached hydrogen (secondary N) is 1. The lowest BCUT2D eigenvalue weighted by Crippen LogP contribution is -2.24. The van der Waals surface area contributed by atoms with Gasteiger partial charge in [-0.3, -0.25) is 4.79 Å². The van der Waals surface area contributed by atoms with Gasteiger partial charge in [-0.25, -0.2) is 4.79 Å². The lowest BCUT2D eigenvalue weighted by atomic mass is 9.88. The van der Waals surface area contributed by atoms with Crippen LogP contribution in [0.3, 0.4) is 0 Å². The highest BCUT2D eigenvalue weighted by atomic mass is 79.9. The molecular formula is C11H14BrNO3. The molecule has 0 aromatic rings. The van der Waals surface area contributed by atoms with Gasteiger partial charge < -0.3 is 10.1 Å². The van der Waals surface area contributed by atoms with E-state index in [0.717, 1.165) is 0 Å². The van der Waals surface area contributed by atoms with Crippen LogP contribution in [-0.2, 0) is 14.3 Å². The Hall–Kier alpha value is -0.970. The van der Waals surface area contributed by atoms with Gasteiger partial charge in [-0.15, -0.1) is 0 Å². The first-order chi connectivity index (χ1) is 7.61. The Morgan fingerprint density at radius 2 is 2.19 bits per heavy atom. The van der Waals surface area contributed by atoms with Crippen molar-refractivity contribution in [1.82, 2.24) is 0 Å². The van der Waals surface area contributed by atoms with Crippen LogP contribution in [0.2, 0.25) is 0 Å². The van der Waals surface area contributed by atoms with Crippen molar-refractivity contribution in [2.24, 2.45) is 0 Å². The summed E-state index contributed by atoms with van der Waals surface area (Å²) in [5.74, 6) is -0.631. The highest BCUT2D eigenvalue weighted by molar-refractivity contribution is 9.09. The molecule has 1 aliphatic carbocycles. The summed E-state index contributed by atoms with van der Waals surface area (Å²) in [6.07, 6.45) is 1.66. The minimum Gasteiger partial charge on any atom is -0.463 e. The second kappa shape index (κ2) is 5.94. The molecule has 0 unspecified atom stereocenters. The monoisotopic (exact) mass is 287 g/mol. The molecule has 0 aromatic carbocycles. The molecule has 16 heavy (non-hydrogen) atoms. The number of carbonyl (C=O) groups excluding carboxylic acids is 2. The maximum absolute atomic E-state index is 11.7. The molecule has 0 heterocycles. The maximum atomic E-state index is 11.7. The minimum absolute atomic E-state index is 0.126. The first kappa shape index (κ1) is 13.1. The molecule has 0 atom stereocenters. The number of hydrogen-bond acceptors (Lipinski definition) is 4. The largest absolute Gasteiger partial charge is 0.463 e. The zero-order chi connectivity index (χ0) is 12.1. The van der Waals surface area contributed by atoms with Gasteiger partial charge in [0.05, 0.1) is 12.2 Å². The average Bonchev–Trinajstić information content (AvgIpc) is 2.24. The summed E-state index contributed by atoms with van der Waals surface area (Å²) in [5.41, 5.74) is 0.775. The van der Waals surface area contributed by atoms with E-state index in [9.17, 15) is 9.59 Å². The Bertz CT molecular complexity index is 342. The molecule has 1 rings (SSSR count). The van der Waals surface area contributed by atoms with Crippen LogP contribution in [0.5, 0.6) is 0 Å². The quantitative estimate of drug-likeness (QED) is 0.491. The normalized spacial score (nSPS) is 19.6. The van der Waals surface area contributed by atoms with Crippen molar-refractivity contribution in [3.05, 3.63) is 11.1 Å². The van der Waals surface area contributed by atoms with Crippen LogP contribution in [-0.4, -0.2) is 29.4 Å². The number of Topliss-reactive ketones (excluding diaryl/α,β-unsaturated/α-hetero) is 1. The molecule has 0 aromatic heterocycles. The summed E-state index contributed by atoms with van der Waals surface area (Å²) in [7, 11) is 0. The van der Waals surface area contributed by atoms with Crippen molar-refractivity contribution in [2.75, 3.05) is 11.9 Å². The number of alkyl halides is 1. The van der Waals surface area contributed by atoms with E-state index >= 15 is 0 Å². The Morgan fingerprint density at radius 3 is 2.69 bits per heavy atom. The van der Waals surface area contributed by atoms with Crippen LogP contribution in [0.1, 0.15) is 26.2 Å². The van der Waals surface area contributed by atoms with E-state index in [2.05, 4.69) is 15.9 Å². The van der Waals surface area contributed by atoms with Gasteiger partial charge in [0.15, 0.2) is 5.78 Å². The minimum atomic E-state index is -0.505. The molecule has 0 bridgehead atoms. The average molecular weight is 288 g/mol. The third kappa shape index (κ3) is 2.78. The third-order valence-corrected chi connectivity index (χ3v) is 2.93. The summed E-state index contributed by atoms with van der Waals surface area (Å²) >= 11 is 3.17. The third-order valence-electron chi connectivity index (χ3n) is 2.37. The predicted molar refractivity (Wildman–Crippen MR) is 64.0 cm³/mol. The SMILES string of the molecule is CCOC(=O)/C(CBr)=C1/C(=N)CCCC1=O. The summed E-state index contributed by atoms with van der Waals surface area (Å²) in [6.45, 7) is 1.98. The first-order valence-corrected chi connectivity index (χ1v) is 6.31. The van der Waals surface area contributed by atoms with Gasteiger partial charge >= 0.3 is 5.97 Å². The van der Waals surface area contributed by atoms with Crippen molar-refractivity contribution in [3.63, 3.8) is 0 Å². The van der Waals surface area contributed by atoms with Crippen LogP contribution in [0.25, 0.3) is 0 Å². The molecule has 1 N–H and O–H groups in total. The Kier molecular flexibility index (Phi) is 4.86. The number of carbonyl (C=O) groups is 2. The summed E-state index contributed by atoms with van der Waals surface area (Å²) in [4.78, 5) is 23.3. The van der Waals surface area contributed by atoms with Crippen molar-refractivity contribution >= 4 is 33.4 Å². The lowest BCUT2D eigenvalue weighted by molar-refractivity contribution is -0.138. The first-order valence-electron chi connectivity index (χ1n) is 5.19. The molecule has 1 aliphatic rings. The van der Waals surface area contributed by atoms with Gasteiger partial charge in [0.2, 0.25) is 0 Å². The van der Waals surface area contributed by atoms with Crippen molar-refractivity contribution in [3.8, 4) is 0 Å². The van der Waals surface area contributed by atoms with Crippen LogP contribution in [0.15, 0.2) is 11.1 Å². The number of hydrogen-bond donors (Lipinski definition) is 1. The van der Waals surface area contributed by atoms with Crippen molar-refractivity contribution in [2.45, 2.75) is 26.2 Å². The fraction of sp³-hybridized carbons (Fsp3) is 0.545. The fourth-order valence-corrected chi connectivity index (χ4v) is 2.15. The zero-order valence-corrected chi connectivity index (χ0v) is 10.7. The highest BCUT2D eigenvalue weighted by Gasteiger charge is 2.27.